The van der Waals surface area contributed by atoms with Crippen LogP contribution in [-0.4, -0.2) is 23.4 Å². The van der Waals surface area contributed by atoms with Crippen molar-refractivity contribution in [2.45, 2.75) is 25.8 Å². The largest absolute Gasteiger partial charge is 0.388 e. The standard InChI is InChI=1S/C23H23NO3S/c1-2-4-16-6-8-17(9-7-16)18-10-12-19(13-11-18)23(27)24-22(20(26)15-25)21-5-3-14-28-21/h3,5-14,22,25H,2,4,15H2,1H3,(H,24,27). The Morgan fingerprint density at radius 3 is 2.18 bits per heavy atom. The van der Waals surface area contributed by atoms with Crippen LogP contribution in [-0.2, 0) is 11.2 Å². The first-order chi connectivity index (χ1) is 13.6. The summed E-state index contributed by atoms with van der Waals surface area (Å²) in [5.41, 5.74) is 3.91. The van der Waals surface area contributed by atoms with Gasteiger partial charge in [0, 0.05) is 10.4 Å². The van der Waals surface area contributed by atoms with Gasteiger partial charge in [0.05, 0.1) is 0 Å². The molecule has 144 valence electrons. The molecule has 0 aliphatic carbocycles. The van der Waals surface area contributed by atoms with Gasteiger partial charge in [-0.05, 0) is 46.7 Å². The van der Waals surface area contributed by atoms with Crippen LogP contribution < -0.4 is 5.32 Å². The first-order valence-electron chi connectivity index (χ1n) is 9.29. The van der Waals surface area contributed by atoms with E-state index in [1.807, 2.05) is 23.6 Å². The van der Waals surface area contributed by atoms with Crippen molar-refractivity contribution in [3.8, 4) is 11.1 Å². The fraction of sp³-hybridized carbons (Fsp3) is 0.217. The van der Waals surface area contributed by atoms with E-state index < -0.39 is 18.4 Å². The third-order valence-electron chi connectivity index (χ3n) is 4.55. The maximum Gasteiger partial charge on any atom is 0.252 e. The average Bonchev–Trinajstić information content (AvgIpc) is 3.27. The van der Waals surface area contributed by atoms with Crippen molar-refractivity contribution < 1.29 is 14.7 Å². The summed E-state index contributed by atoms with van der Waals surface area (Å²) in [7, 11) is 0. The molecule has 0 saturated heterocycles. The molecule has 0 aliphatic heterocycles. The van der Waals surface area contributed by atoms with E-state index in [9.17, 15) is 14.7 Å². The zero-order valence-electron chi connectivity index (χ0n) is 15.7. The summed E-state index contributed by atoms with van der Waals surface area (Å²) in [5, 5.41) is 13.8. The van der Waals surface area contributed by atoms with E-state index >= 15 is 0 Å². The summed E-state index contributed by atoms with van der Waals surface area (Å²) in [6, 6.07) is 18.5. The monoisotopic (exact) mass is 393 g/mol. The SMILES string of the molecule is CCCc1ccc(-c2ccc(C(=O)NC(C(=O)CO)c3cccs3)cc2)cc1. The number of carbonyl (C=O) groups is 2. The molecule has 1 amide bonds. The zero-order valence-corrected chi connectivity index (χ0v) is 16.5. The van der Waals surface area contributed by atoms with Gasteiger partial charge in [0.15, 0.2) is 5.78 Å². The molecule has 1 aromatic heterocycles. The fourth-order valence-corrected chi connectivity index (χ4v) is 3.84. The number of Topliss-reactive ketones (excluding diaryl/α,β-unsaturated/α-hetero) is 1. The summed E-state index contributed by atoms with van der Waals surface area (Å²) in [6.45, 7) is 1.55. The Labute approximate surface area is 168 Å². The number of nitrogens with one attached hydrogen (secondary N) is 1. The molecule has 4 nitrogen and oxygen atoms in total. The molecule has 0 bridgehead atoms. The minimum Gasteiger partial charge on any atom is -0.388 e. The normalized spacial score (nSPS) is 11.8. The maximum atomic E-state index is 12.6. The molecule has 28 heavy (non-hydrogen) atoms. The van der Waals surface area contributed by atoms with Crippen LogP contribution in [0, 0.1) is 0 Å². The lowest BCUT2D eigenvalue weighted by atomic mass is 10.0. The zero-order chi connectivity index (χ0) is 19.9. The molecule has 3 rings (SSSR count). The molecule has 2 N–H and O–H groups in total. The Bertz CT molecular complexity index is 915. The van der Waals surface area contributed by atoms with Gasteiger partial charge in [-0.25, -0.2) is 0 Å². The van der Waals surface area contributed by atoms with E-state index in [4.69, 9.17) is 0 Å². The number of thiophene rings is 1. The Hall–Kier alpha value is -2.76. The predicted molar refractivity (Wildman–Crippen MR) is 112 cm³/mol. The molecule has 1 unspecified atom stereocenters. The van der Waals surface area contributed by atoms with Gasteiger partial charge in [-0.1, -0.05) is 55.8 Å². The average molecular weight is 394 g/mol. The highest BCUT2D eigenvalue weighted by atomic mass is 32.1. The second kappa shape index (κ2) is 9.44. The number of aryl methyl sites for hydroxylation is 1. The molecular formula is C23H23NO3S. The first-order valence-corrected chi connectivity index (χ1v) is 10.2. The number of benzene rings is 2. The van der Waals surface area contributed by atoms with Gasteiger partial charge in [0.1, 0.15) is 12.6 Å². The molecule has 0 radical (unpaired) electrons. The van der Waals surface area contributed by atoms with Crippen LogP contribution in [0.3, 0.4) is 0 Å². The van der Waals surface area contributed by atoms with Crippen LogP contribution in [0.1, 0.15) is 40.2 Å². The lowest BCUT2D eigenvalue weighted by Crippen LogP contribution is -2.34. The van der Waals surface area contributed by atoms with E-state index in [0.717, 1.165) is 24.0 Å². The summed E-state index contributed by atoms with van der Waals surface area (Å²) >= 11 is 1.37. The molecule has 1 atom stereocenters. The lowest BCUT2D eigenvalue weighted by Gasteiger charge is -2.15. The number of hydrogen-bond acceptors (Lipinski definition) is 4. The van der Waals surface area contributed by atoms with E-state index in [1.165, 1.54) is 16.9 Å². The van der Waals surface area contributed by atoms with Gasteiger partial charge < -0.3 is 10.4 Å². The Kier molecular flexibility index (Phi) is 6.74. The van der Waals surface area contributed by atoms with Crippen molar-refractivity contribution in [1.82, 2.24) is 5.32 Å². The first kappa shape index (κ1) is 20.0. The molecule has 1 heterocycles. The van der Waals surface area contributed by atoms with Crippen molar-refractivity contribution in [1.29, 1.82) is 0 Å². The Morgan fingerprint density at radius 1 is 1.00 bits per heavy atom. The number of carbonyl (C=O) groups excluding carboxylic acids is 2. The molecule has 0 saturated carbocycles. The van der Waals surface area contributed by atoms with Gasteiger partial charge in [0.2, 0.25) is 0 Å². The summed E-state index contributed by atoms with van der Waals surface area (Å²) in [5.74, 6) is -0.773. The van der Waals surface area contributed by atoms with Crippen molar-refractivity contribution in [3.05, 3.63) is 82.0 Å². The highest BCUT2D eigenvalue weighted by Crippen LogP contribution is 2.23. The molecule has 2 aromatic carbocycles. The van der Waals surface area contributed by atoms with Crippen LogP contribution in [0.5, 0.6) is 0 Å². The highest BCUT2D eigenvalue weighted by molar-refractivity contribution is 7.10. The van der Waals surface area contributed by atoms with Crippen LogP contribution >= 0.6 is 11.3 Å². The third-order valence-corrected chi connectivity index (χ3v) is 5.49. The molecule has 0 aliphatic rings. The maximum absolute atomic E-state index is 12.6. The number of amides is 1. The van der Waals surface area contributed by atoms with E-state index in [2.05, 4.69) is 36.5 Å². The molecule has 3 aromatic rings. The van der Waals surface area contributed by atoms with Crippen molar-refractivity contribution >= 4 is 23.0 Å². The van der Waals surface area contributed by atoms with E-state index in [0.29, 0.717) is 10.4 Å². The molecule has 0 spiro atoms. The second-order valence-electron chi connectivity index (χ2n) is 6.57. The van der Waals surface area contributed by atoms with Gasteiger partial charge >= 0.3 is 0 Å². The predicted octanol–water partition coefficient (Wildman–Crippen LogP) is 4.40. The van der Waals surface area contributed by atoms with Gasteiger partial charge in [0.25, 0.3) is 5.91 Å². The quantitative estimate of drug-likeness (QED) is 0.596. The minimum absolute atomic E-state index is 0.343. The number of hydrogen-bond donors (Lipinski definition) is 2. The number of ketones is 1. The lowest BCUT2D eigenvalue weighted by molar-refractivity contribution is -0.123. The molecule has 0 fully saturated rings. The van der Waals surface area contributed by atoms with Gasteiger partial charge in [-0.3, -0.25) is 9.59 Å². The second-order valence-corrected chi connectivity index (χ2v) is 7.55. The third kappa shape index (κ3) is 4.74. The van der Waals surface area contributed by atoms with Crippen LogP contribution in [0.25, 0.3) is 11.1 Å². The Balaban J connectivity index is 1.73. The molecular weight excluding hydrogens is 370 g/mol. The smallest absolute Gasteiger partial charge is 0.252 e. The van der Waals surface area contributed by atoms with Gasteiger partial charge in [-0.2, -0.15) is 0 Å². The summed E-state index contributed by atoms with van der Waals surface area (Å²) < 4.78 is 0. The van der Waals surface area contributed by atoms with Gasteiger partial charge in [-0.15, -0.1) is 11.3 Å². The topological polar surface area (TPSA) is 66.4 Å². The number of rotatable bonds is 8. The van der Waals surface area contributed by atoms with Crippen LogP contribution in [0.2, 0.25) is 0 Å². The Morgan fingerprint density at radius 2 is 1.64 bits per heavy atom. The van der Waals surface area contributed by atoms with Crippen molar-refractivity contribution in [3.63, 3.8) is 0 Å². The minimum atomic E-state index is -0.830. The van der Waals surface area contributed by atoms with Crippen LogP contribution in [0.4, 0.5) is 0 Å². The summed E-state index contributed by atoms with van der Waals surface area (Å²) in [6.07, 6.45) is 2.19. The fourth-order valence-electron chi connectivity index (χ4n) is 3.04. The number of aliphatic hydroxyl groups excluding tert-OH is 1. The summed E-state index contributed by atoms with van der Waals surface area (Å²) in [4.78, 5) is 25.3. The molecule has 5 heteroatoms. The van der Waals surface area contributed by atoms with Crippen molar-refractivity contribution in [2.75, 3.05) is 6.61 Å². The van der Waals surface area contributed by atoms with Crippen LogP contribution in [0.15, 0.2) is 66.0 Å². The van der Waals surface area contributed by atoms with Crippen molar-refractivity contribution in [2.24, 2.45) is 0 Å². The van der Waals surface area contributed by atoms with E-state index in [-0.39, 0.29) is 5.91 Å². The highest BCUT2D eigenvalue weighted by Gasteiger charge is 2.23. The number of aliphatic hydroxyl groups is 1. The van der Waals surface area contributed by atoms with E-state index in [1.54, 1.807) is 18.2 Å².